The van der Waals surface area contributed by atoms with Gasteiger partial charge in [-0.25, -0.2) is 0 Å². The monoisotopic (exact) mass is 530 g/mol. The van der Waals surface area contributed by atoms with Crippen molar-refractivity contribution in [2.24, 2.45) is 0 Å². The number of hydrogen-bond acceptors (Lipinski definition) is 3. The van der Waals surface area contributed by atoms with Crippen LogP contribution in [0, 0.1) is 0 Å². The van der Waals surface area contributed by atoms with Crippen LogP contribution in [-0.2, 0) is 20.4 Å². The predicted molar refractivity (Wildman–Crippen MR) is 164 cm³/mol. The molecule has 0 aliphatic carbocycles. The summed E-state index contributed by atoms with van der Waals surface area (Å²) in [6.45, 7) is 16.9. The Morgan fingerprint density at radius 3 is 1.39 bits per heavy atom. The van der Waals surface area contributed by atoms with Crippen molar-refractivity contribution >= 4 is 5.97 Å². The lowest BCUT2D eigenvalue weighted by atomic mass is 9.77. The summed E-state index contributed by atoms with van der Waals surface area (Å²) in [4.78, 5) is 12.3. The molecule has 1 rings (SSSR count). The molecular weight excluding hydrogens is 468 g/mol. The van der Waals surface area contributed by atoms with Crippen LogP contribution in [0.2, 0.25) is 0 Å². The molecule has 1 unspecified atom stereocenters. The number of unbranched alkanes of at least 4 members (excludes halogenated alkanes) is 14. The molecule has 0 saturated carbocycles. The van der Waals surface area contributed by atoms with E-state index < -0.39 is 0 Å². The zero-order valence-electron chi connectivity index (χ0n) is 26.5. The SMILES string of the molecule is CCCCCCCCCCCCCCCCCC(OC(=O)CC)c1cc(C(C)(C)C)c(O)c(C(C)(C)C)c1. The summed E-state index contributed by atoms with van der Waals surface area (Å²) in [6, 6.07) is 4.15. The summed E-state index contributed by atoms with van der Waals surface area (Å²) in [6.07, 6.45) is 21.1. The van der Waals surface area contributed by atoms with E-state index in [4.69, 9.17) is 4.74 Å². The van der Waals surface area contributed by atoms with Gasteiger partial charge in [0.05, 0.1) is 0 Å². The van der Waals surface area contributed by atoms with Gasteiger partial charge in [-0.3, -0.25) is 4.79 Å². The van der Waals surface area contributed by atoms with Crippen LogP contribution in [-0.4, -0.2) is 11.1 Å². The minimum Gasteiger partial charge on any atom is -0.507 e. The minimum atomic E-state index is -0.257. The van der Waals surface area contributed by atoms with Crippen LogP contribution in [0.3, 0.4) is 0 Å². The van der Waals surface area contributed by atoms with Crippen LogP contribution in [0.15, 0.2) is 12.1 Å². The average molecular weight is 531 g/mol. The fourth-order valence-corrected chi connectivity index (χ4v) is 5.22. The maximum atomic E-state index is 12.3. The number of carbonyl (C=O) groups is 1. The number of aromatic hydroxyl groups is 1. The van der Waals surface area contributed by atoms with Gasteiger partial charge in [0.2, 0.25) is 0 Å². The molecule has 0 aromatic heterocycles. The Labute approximate surface area is 236 Å². The van der Waals surface area contributed by atoms with Crippen molar-refractivity contribution in [2.45, 2.75) is 181 Å². The molecular formula is C35H62O3. The molecule has 0 saturated heterocycles. The highest BCUT2D eigenvalue weighted by atomic mass is 16.5. The molecule has 3 heteroatoms. The average Bonchev–Trinajstić information content (AvgIpc) is 2.84. The highest BCUT2D eigenvalue weighted by molar-refractivity contribution is 5.69. The first-order chi connectivity index (χ1) is 17.9. The van der Waals surface area contributed by atoms with E-state index in [0.29, 0.717) is 12.2 Å². The number of phenolic OH excluding ortho intramolecular Hbond substituents is 1. The first-order valence-corrected chi connectivity index (χ1v) is 16.0. The largest absolute Gasteiger partial charge is 0.507 e. The van der Waals surface area contributed by atoms with Gasteiger partial charge in [-0.15, -0.1) is 0 Å². The van der Waals surface area contributed by atoms with Crippen LogP contribution in [0.5, 0.6) is 5.75 Å². The first-order valence-electron chi connectivity index (χ1n) is 16.0. The molecule has 0 aliphatic heterocycles. The third-order valence-electron chi connectivity index (χ3n) is 7.75. The molecule has 0 bridgehead atoms. The lowest BCUT2D eigenvalue weighted by Gasteiger charge is -2.30. The van der Waals surface area contributed by atoms with Crippen LogP contribution in [0.4, 0.5) is 0 Å². The van der Waals surface area contributed by atoms with Gasteiger partial charge in [0.15, 0.2) is 0 Å². The van der Waals surface area contributed by atoms with Gasteiger partial charge in [-0.05, 0) is 52.5 Å². The maximum Gasteiger partial charge on any atom is 0.306 e. The van der Waals surface area contributed by atoms with E-state index in [2.05, 4.69) is 60.6 Å². The summed E-state index contributed by atoms with van der Waals surface area (Å²) in [5, 5.41) is 11.1. The Morgan fingerprint density at radius 1 is 0.684 bits per heavy atom. The third kappa shape index (κ3) is 13.5. The molecule has 1 aromatic carbocycles. The lowest BCUT2D eigenvalue weighted by molar-refractivity contribution is -0.149. The zero-order valence-corrected chi connectivity index (χ0v) is 26.5. The third-order valence-corrected chi connectivity index (χ3v) is 7.75. The normalized spacial score (nSPS) is 13.1. The Morgan fingerprint density at radius 2 is 1.05 bits per heavy atom. The van der Waals surface area contributed by atoms with Crippen LogP contribution < -0.4 is 0 Å². The fraction of sp³-hybridized carbons (Fsp3) is 0.800. The molecule has 0 fully saturated rings. The number of rotatable bonds is 19. The number of benzene rings is 1. The maximum absolute atomic E-state index is 12.3. The molecule has 0 heterocycles. The van der Waals surface area contributed by atoms with E-state index in [-0.39, 0.29) is 22.9 Å². The molecule has 220 valence electrons. The van der Waals surface area contributed by atoms with E-state index in [0.717, 1.165) is 29.5 Å². The van der Waals surface area contributed by atoms with E-state index in [1.165, 1.54) is 89.9 Å². The molecule has 0 amide bonds. The molecule has 0 spiro atoms. The summed E-state index contributed by atoms with van der Waals surface area (Å²) < 4.78 is 5.96. The van der Waals surface area contributed by atoms with Crippen molar-refractivity contribution in [3.05, 3.63) is 28.8 Å². The molecule has 1 N–H and O–H groups in total. The molecule has 1 atom stereocenters. The van der Waals surface area contributed by atoms with Crippen molar-refractivity contribution in [2.75, 3.05) is 0 Å². The first kappa shape index (κ1) is 34.5. The topological polar surface area (TPSA) is 46.5 Å². The highest BCUT2D eigenvalue weighted by Gasteiger charge is 2.29. The fourth-order valence-electron chi connectivity index (χ4n) is 5.22. The van der Waals surface area contributed by atoms with Crippen molar-refractivity contribution in [3.63, 3.8) is 0 Å². The summed E-state index contributed by atoms with van der Waals surface area (Å²) in [7, 11) is 0. The number of hydrogen-bond donors (Lipinski definition) is 1. The lowest BCUT2D eigenvalue weighted by Crippen LogP contribution is -2.19. The summed E-state index contributed by atoms with van der Waals surface area (Å²) >= 11 is 0. The van der Waals surface area contributed by atoms with Gasteiger partial charge < -0.3 is 9.84 Å². The second kappa shape index (κ2) is 18.0. The van der Waals surface area contributed by atoms with Crippen LogP contribution in [0.25, 0.3) is 0 Å². The molecule has 0 radical (unpaired) electrons. The molecule has 1 aromatic rings. The quantitative estimate of drug-likeness (QED) is 0.143. The molecule has 0 aliphatic rings. The van der Waals surface area contributed by atoms with Gasteiger partial charge in [0.1, 0.15) is 11.9 Å². The smallest absolute Gasteiger partial charge is 0.306 e. The van der Waals surface area contributed by atoms with E-state index in [1.807, 2.05) is 6.92 Å². The summed E-state index contributed by atoms with van der Waals surface area (Å²) in [5.74, 6) is 0.222. The highest BCUT2D eigenvalue weighted by Crippen LogP contribution is 2.42. The van der Waals surface area contributed by atoms with Gasteiger partial charge in [-0.2, -0.15) is 0 Å². The zero-order chi connectivity index (χ0) is 28.6. The Kier molecular flexibility index (Phi) is 16.3. The number of phenols is 1. The Balaban J connectivity index is 2.56. The summed E-state index contributed by atoms with van der Waals surface area (Å²) in [5.41, 5.74) is 2.47. The number of esters is 1. The number of ether oxygens (including phenoxy) is 1. The van der Waals surface area contributed by atoms with Gasteiger partial charge in [0, 0.05) is 6.42 Å². The second-order valence-electron chi connectivity index (χ2n) is 13.5. The van der Waals surface area contributed by atoms with Crippen molar-refractivity contribution in [3.8, 4) is 5.75 Å². The van der Waals surface area contributed by atoms with Crippen molar-refractivity contribution in [1.82, 2.24) is 0 Å². The van der Waals surface area contributed by atoms with Crippen LogP contribution in [0.1, 0.15) is 187 Å². The predicted octanol–water partition coefficient (Wildman–Crippen LogP) is 11.2. The van der Waals surface area contributed by atoms with E-state index >= 15 is 0 Å². The second-order valence-corrected chi connectivity index (χ2v) is 13.5. The van der Waals surface area contributed by atoms with Crippen molar-refractivity contribution in [1.29, 1.82) is 0 Å². The van der Waals surface area contributed by atoms with Crippen LogP contribution >= 0.6 is 0 Å². The van der Waals surface area contributed by atoms with E-state index in [1.54, 1.807) is 0 Å². The standard InChI is InChI=1S/C35H62O3/c1-9-11-12-13-14-15-16-17-18-19-20-21-22-23-24-25-31(38-32(36)10-2)28-26-29(34(3,4)5)33(37)30(27-28)35(6,7)8/h26-27,31,37H,9-25H2,1-8H3. The van der Waals surface area contributed by atoms with Crippen molar-refractivity contribution < 1.29 is 14.6 Å². The molecule has 3 nitrogen and oxygen atoms in total. The minimum absolute atomic E-state index is 0.154. The Hall–Kier alpha value is -1.51. The van der Waals surface area contributed by atoms with Gasteiger partial charge in [-0.1, -0.05) is 145 Å². The van der Waals surface area contributed by atoms with Gasteiger partial charge in [0.25, 0.3) is 0 Å². The van der Waals surface area contributed by atoms with Gasteiger partial charge >= 0.3 is 5.97 Å². The molecule has 38 heavy (non-hydrogen) atoms. The van der Waals surface area contributed by atoms with E-state index in [9.17, 15) is 9.90 Å². The number of carbonyl (C=O) groups excluding carboxylic acids is 1. The Bertz CT molecular complexity index is 746.